The zero-order valence-corrected chi connectivity index (χ0v) is 21.5. The first-order chi connectivity index (χ1) is 18.3. The van der Waals surface area contributed by atoms with Crippen molar-refractivity contribution in [2.75, 3.05) is 4.90 Å². The van der Waals surface area contributed by atoms with E-state index in [0.717, 1.165) is 12.8 Å². The van der Waals surface area contributed by atoms with Crippen molar-refractivity contribution in [2.24, 2.45) is 23.7 Å². The van der Waals surface area contributed by atoms with E-state index in [1.54, 1.807) is 42.5 Å². The molecule has 6 atom stereocenters. The highest BCUT2D eigenvalue weighted by molar-refractivity contribution is 6.30. The van der Waals surface area contributed by atoms with Crippen LogP contribution in [0.25, 0.3) is 0 Å². The molecule has 2 saturated carbocycles. The lowest BCUT2D eigenvalue weighted by atomic mass is 9.73. The lowest BCUT2D eigenvalue weighted by Gasteiger charge is -2.28. The molecule has 0 spiro atoms. The van der Waals surface area contributed by atoms with Crippen LogP contribution < -0.4 is 4.90 Å². The normalized spacial score (nSPS) is 26.4. The molecule has 0 aromatic heterocycles. The third kappa shape index (κ3) is 4.04. The number of hydrogen-bond acceptors (Lipinski definition) is 5. The molecule has 0 N–H and O–H groups in total. The number of anilines is 1. The summed E-state index contributed by atoms with van der Waals surface area (Å²) in [4.78, 5) is 54.0. The van der Waals surface area contributed by atoms with Crippen molar-refractivity contribution in [1.82, 2.24) is 0 Å². The Balaban J connectivity index is 1.19. The number of amides is 2. The van der Waals surface area contributed by atoms with Gasteiger partial charge in [-0.2, -0.15) is 0 Å². The number of carbonyl (C=O) groups is 4. The van der Waals surface area contributed by atoms with Crippen LogP contribution in [0, 0.1) is 23.7 Å². The molecule has 6 rings (SSSR count). The van der Waals surface area contributed by atoms with Crippen LogP contribution in [0.3, 0.4) is 0 Å². The van der Waals surface area contributed by atoms with E-state index in [-0.39, 0.29) is 52.8 Å². The van der Waals surface area contributed by atoms with Gasteiger partial charge in [-0.25, -0.2) is 4.79 Å². The number of fused-ring (bicyclic) bond motifs is 5. The van der Waals surface area contributed by atoms with Gasteiger partial charge in [0.15, 0.2) is 6.10 Å². The second-order valence-corrected chi connectivity index (χ2v) is 10.9. The van der Waals surface area contributed by atoms with Gasteiger partial charge in [0.05, 0.1) is 23.1 Å². The third-order valence-electron chi connectivity index (χ3n) is 8.37. The minimum Gasteiger partial charge on any atom is -0.451 e. The first kappa shape index (κ1) is 24.6. The van der Waals surface area contributed by atoms with Crippen LogP contribution in [0.2, 0.25) is 5.02 Å². The van der Waals surface area contributed by atoms with Gasteiger partial charge in [0.25, 0.3) is 0 Å². The highest BCUT2D eigenvalue weighted by Crippen LogP contribution is 2.61. The highest BCUT2D eigenvalue weighted by atomic mass is 35.5. The van der Waals surface area contributed by atoms with Gasteiger partial charge in [-0.3, -0.25) is 19.3 Å². The minimum absolute atomic E-state index is 0.140. The molecule has 2 bridgehead atoms. The predicted molar refractivity (Wildman–Crippen MR) is 142 cm³/mol. The van der Waals surface area contributed by atoms with Crippen molar-refractivity contribution in [3.05, 3.63) is 101 Å². The summed E-state index contributed by atoms with van der Waals surface area (Å²) < 4.78 is 5.43. The fraction of sp³-hybridized carbons (Fsp3) is 0.290. The van der Waals surface area contributed by atoms with Gasteiger partial charge in [-0.05, 0) is 85.5 Å². The van der Waals surface area contributed by atoms with Gasteiger partial charge in [-0.15, -0.1) is 0 Å². The van der Waals surface area contributed by atoms with Crippen molar-refractivity contribution >= 4 is 40.9 Å². The molecule has 2 aliphatic carbocycles. The highest BCUT2D eigenvalue weighted by Gasteiger charge is 2.64. The fourth-order valence-electron chi connectivity index (χ4n) is 6.70. The predicted octanol–water partition coefficient (Wildman–Crippen LogP) is 5.70. The van der Waals surface area contributed by atoms with E-state index in [2.05, 4.69) is 12.1 Å². The number of imide groups is 1. The Labute approximate surface area is 225 Å². The quantitative estimate of drug-likeness (QED) is 0.233. The molecule has 38 heavy (non-hydrogen) atoms. The molecule has 6 nitrogen and oxygen atoms in total. The maximum absolute atomic E-state index is 13.6. The van der Waals surface area contributed by atoms with E-state index in [0.29, 0.717) is 16.3 Å². The number of Topliss-reactive ketones (excluding diaryl/α,β-unsaturated/α-hetero) is 1. The van der Waals surface area contributed by atoms with Gasteiger partial charge in [0.1, 0.15) is 0 Å². The number of halogens is 1. The van der Waals surface area contributed by atoms with Crippen LogP contribution in [0.4, 0.5) is 5.69 Å². The Morgan fingerprint density at radius 1 is 0.868 bits per heavy atom. The molecule has 1 heterocycles. The SMILES string of the molecule is C[C@H](OC(=O)c1cccc(N2C(=O)[C@@H]3[C@@H]4C[C@@H]([C@@H]3C2=O)[C@H](c2ccccc2)C4)c1)C(=O)c1ccc(Cl)cc1. The summed E-state index contributed by atoms with van der Waals surface area (Å²) >= 11 is 5.89. The Bertz CT molecular complexity index is 1440. The van der Waals surface area contributed by atoms with E-state index in [9.17, 15) is 19.2 Å². The second-order valence-electron chi connectivity index (χ2n) is 10.4. The van der Waals surface area contributed by atoms with E-state index in [1.165, 1.54) is 23.5 Å². The zero-order valence-electron chi connectivity index (χ0n) is 20.8. The fourth-order valence-corrected chi connectivity index (χ4v) is 6.83. The molecule has 2 amide bonds. The van der Waals surface area contributed by atoms with Crippen molar-refractivity contribution in [1.29, 1.82) is 0 Å². The molecule has 3 aromatic carbocycles. The van der Waals surface area contributed by atoms with Gasteiger partial charge < -0.3 is 4.74 Å². The summed E-state index contributed by atoms with van der Waals surface area (Å²) in [6.07, 6.45) is 0.785. The Hall–Kier alpha value is -3.77. The standard InChI is InChI=1S/C31H26ClNO5/c1-17(28(34)19-10-12-22(32)13-11-19)38-31(37)20-8-5-9-23(14-20)33-29(35)26-21-15-24(18-6-3-2-4-7-18)25(16-21)27(26)30(33)36/h2-14,17,21,24-27H,15-16H2,1H3/t17-,21-,24-,25+,26+,27-/m0/s1. The molecular formula is C31H26ClNO5. The van der Waals surface area contributed by atoms with Gasteiger partial charge in [-0.1, -0.05) is 48.0 Å². The van der Waals surface area contributed by atoms with Gasteiger partial charge in [0.2, 0.25) is 17.6 Å². The molecular weight excluding hydrogens is 502 g/mol. The molecule has 3 aliphatic rings. The molecule has 0 radical (unpaired) electrons. The molecule has 7 heteroatoms. The number of nitrogens with zero attached hydrogens (tertiary/aromatic N) is 1. The Kier molecular flexibility index (Phi) is 6.15. The third-order valence-corrected chi connectivity index (χ3v) is 8.62. The average Bonchev–Trinajstić information content (AvgIpc) is 3.60. The lowest BCUT2D eigenvalue weighted by molar-refractivity contribution is -0.123. The van der Waals surface area contributed by atoms with E-state index >= 15 is 0 Å². The smallest absolute Gasteiger partial charge is 0.338 e. The Morgan fingerprint density at radius 2 is 1.58 bits per heavy atom. The number of ether oxygens (including phenoxy) is 1. The van der Waals surface area contributed by atoms with Crippen LogP contribution in [0.15, 0.2) is 78.9 Å². The minimum atomic E-state index is -1.02. The Morgan fingerprint density at radius 3 is 2.32 bits per heavy atom. The van der Waals surface area contributed by atoms with Crippen LogP contribution in [-0.4, -0.2) is 29.7 Å². The van der Waals surface area contributed by atoms with E-state index in [4.69, 9.17) is 16.3 Å². The van der Waals surface area contributed by atoms with Crippen LogP contribution in [0.5, 0.6) is 0 Å². The zero-order chi connectivity index (χ0) is 26.6. The monoisotopic (exact) mass is 527 g/mol. The second kappa shape index (κ2) is 9.52. The number of benzene rings is 3. The topological polar surface area (TPSA) is 80.8 Å². The average molecular weight is 528 g/mol. The maximum Gasteiger partial charge on any atom is 0.338 e. The number of hydrogen-bond donors (Lipinski definition) is 0. The van der Waals surface area contributed by atoms with Crippen LogP contribution >= 0.6 is 11.6 Å². The number of rotatable bonds is 6. The molecule has 1 aliphatic heterocycles. The summed E-state index contributed by atoms with van der Waals surface area (Å²) in [6.45, 7) is 1.51. The van der Waals surface area contributed by atoms with Crippen molar-refractivity contribution in [3.8, 4) is 0 Å². The number of ketones is 1. The molecule has 3 fully saturated rings. The first-order valence-electron chi connectivity index (χ1n) is 12.9. The van der Waals surface area contributed by atoms with Crippen LogP contribution in [-0.2, 0) is 14.3 Å². The molecule has 3 aromatic rings. The molecule has 192 valence electrons. The largest absolute Gasteiger partial charge is 0.451 e. The summed E-state index contributed by atoms with van der Waals surface area (Å²) in [5, 5.41) is 0.502. The maximum atomic E-state index is 13.6. The van der Waals surface area contributed by atoms with E-state index < -0.39 is 12.1 Å². The van der Waals surface area contributed by atoms with Crippen LogP contribution in [0.1, 0.15) is 52.0 Å². The lowest BCUT2D eigenvalue weighted by Crippen LogP contribution is -2.33. The summed E-state index contributed by atoms with van der Waals surface area (Å²) in [5.74, 6) is -1.47. The van der Waals surface area contributed by atoms with Crippen molar-refractivity contribution in [3.63, 3.8) is 0 Å². The summed E-state index contributed by atoms with van der Waals surface area (Å²) in [7, 11) is 0. The van der Waals surface area contributed by atoms with Gasteiger partial charge >= 0.3 is 5.97 Å². The first-order valence-corrected chi connectivity index (χ1v) is 13.2. The number of carbonyl (C=O) groups excluding carboxylic acids is 4. The van der Waals surface area contributed by atoms with Crippen molar-refractivity contribution < 1.29 is 23.9 Å². The molecule has 0 unspecified atom stereocenters. The van der Waals surface area contributed by atoms with Crippen molar-refractivity contribution in [2.45, 2.75) is 31.8 Å². The number of esters is 1. The van der Waals surface area contributed by atoms with E-state index in [1.807, 2.05) is 18.2 Å². The van der Waals surface area contributed by atoms with Gasteiger partial charge in [0, 0.05) is 10.6 Å². The summed E-state index contributed by atoms with van der Waals surface area (Å²) in [6, 6.07) is 22.9. The summed E-state index contributed by atoms with van der Waals surface area (Å²) in [5.41, 5.74) is 2.13. The molecule has 1 saturated heterocycles.